The zero-order valence-corrected chi connectivity index (χ0v) is 12.8. The molecule has 0 aromatic carbocycles. The minimum absolute atomic E-state index is 0.213. The molecule has 0 spiro atoms. The number of morpholine rings is 1. The summed E-state index contributed by atoms with van der Waals surface area (Å²) in [4.78, 5) is 14.9. The average molecular weight is 314 g/mol. The highest BCUT2D eigenvalue weighted by Crippen LogP contribution is 2.21. The summed E-state index contributed by atoms with van der Waals surface area (Å²) in [5.74, 6) is 1.61. The molecule has 21 heavy (non-hydrogen) atoms. The van der Waals surface area contributed by atoms with Crippen LogP contribution in [0.15, 0.2) is 0 Å². The Bertz CT molecular complexity index is 484. The fourth-order valence-corrected chi connectivity index (χ4v) is 2.75. The number of aromatic nitrogens is 3. The Morgan fingerprint density at radius 1 is 1.24 bits per heavy atom. The molecule has 0 aliphatic carbocycles. The SMILES string of the molecule is CC1OCCC1CNc1nc(Cl)nc(N2CCOCC2)n1. The van der Waals surface area contributed by atoms with Gasteiger partial charge < -0.3 is 19.7 Å². The predicted molar refractivity (Wildman–Crippen MR) is 79.9 cm³/mol. The van der Waals surface area contributed by atoms with Crippen LogP contribution >= 0.6 is 11.6 Å². The predicted octanol–water partition coefficient (Wildman–Crippen LogP) is 1.20. The van der Waals surface area contributed by atoms with Gasteiger partial charge in [-0.25, -0.2) is 0 Å². The summed E-state index contributed by atoms with van der Waals surface area (Å²) in [5.41, 5.74) is 0. The average Bonchev–Trinajstić information content (AvgIpc) is 2.91. The van der Waals surface area contributed by atoms with Crippen molar-refractivity contribution in [1.29, 1.82) is 0 Å². The molecule has 2 aliphatic heterocycles. The van der Waals surface area contributed by atoms with Gasteiger partial charge in [0.1, 0.15) is 0 Å². The summed E-state index contributed by atoms with van der Waals surface area (Å²) in [7, 11) is 0. The van der Waals surface area contributed by atoms with Crippen molar-refractivity contribution in [2.75, 3.05) is 49.7 Å². The van der Waals surface area contributed by atoms with Gasteiger partial charge in [0.25, 0.3) is 0 Å². The third kappa shape index (κ3) is 3.72. The van der Waals surface area contributed by atoms with Gasteiger partial charge in [0.15, 0.2) is 0 Å². The maximum atomic E-state index is 6.01. The monoisotopic (exact) mass is 313 g/mol. The number of hydrogen-bond acceptors (Lipinski definition) is 7. The molecule has 116 valence electrons. The molecule has 1 N–H and O–H groups in total. The molecule has 1 aromatic heterocycles. The van der Waals surface area contributed by atoms with Gasteiger partial charge >= 0.3 is 0 Å². The van der Waals surface area contributed by atoms with Gasteiger partial charge in [0.2, 0.25) is 17.2 Å². The van der Waals surface area contributed by atoms with E-state index in [1.165, 1.54) is 0 Å². The summed E-state index contributed by atoms with van der Waals surface area (Å²) in [6.45, 7) is 6.61. The molecule has 0 saturated carbocycles. The Balaban J connectivity index is 1.65. The lowest BCUT2D eigenvalue weighted by molar-refractivity contribution is 0.108. The van der Waals surface area contributed by atoms with Crippen LogP contribution in [0.3, 0.4) is 0 Å². The highest BCUT2D eigenvalue weighted by Gasteiger charge is 2.24. The molecule has 2 atom stereocenters. The molecule has 0 amide bonds. The molecule has 2 aliphatic rings. The fraction of sp³-hybridized carbons (Fsp3) is 0.769. The highest BCUT2D eigenvalue weighted by molar-refractivity contribution is 6.28. The highest BCUT2D eigenvalue weighted by atomic mass is 35.5. The van der Waals surface area contributed by atoms with Crippen LogP contribution in [0.5, 0.6) is 0 Å². The van der Waals surface area contributed by atoms with Crippen LogP contribution in [0.25, 0.3) is 0 Å². The van der Waals surface area contributed by atoms with Crippen molar-refractivity contribution in [3.05, 3.63) is 5.28 Å². The smallest absolute Gasteiger partial charge is 0.231 e. The maximum Gasteiger partial charge on any atom is 0.231 e. The zero-order chi connectivity index (χ0) is 14.7. The standard InChI is InChI=1S/C13H20ClN5O2/c1-9-10(2-5-21-9)8-15-12-16-11(14)17-13(18-12)19-3-6-20-7-4-19/h9-10H,2-8H2,1H3,(H,15,16,17,18). The first kappa shape index (κ1) is 14.7. The van der Waals surface area contributed by atoms with E-state index in [2.05, 4.69) is 32.1 Å². The molecular weight excluding hydrogens is 294 g/mol. The van der Waals surface area contributed by atoms with Crippen molar-refractivity contribution in [2.45, 2.75) is 19.4 Å². The van der Waals surface area contributed by atoms with E-state index >= 15 is 0 Å². The Kier molecular flexibility index (Phi) is 4.72. The van der Waals surface area contributed by atoms with Crippen molar-refractivity contribution in [3.8, 4) is 0 Å². The number of hydrogen-bond donors (Lipinski definition) is 1. The van der Waals surface area contributed by atoms with Crippen LogP contribution in [0.1, 0.15) is 13.3 Å². The normalized spacial score (nSPS) is 26.1. The number of ether oxygens (including phenoxy) is 2. The van der Waals surface area contributed by atoms with Crippen molar-refractivity contribution in [1.82, 2.24) is 15.0 Å². The molecule has 2 saturated heterocycles. The summed E-state index contributed by atoms with van der Waals surface area (Å²) in [6.07, 6.45) is 1.33. The number of rotatable bonds is 4. The summed E-state index contributed by atoms with van der Waals surface area (Å²) in [5, 5.41) is 3.47. The van der Waals surface area contributed by atoms with E-state index in [0.717, 1.165) is 32.7 Å². The molecular formula is C13H20ClN5O2. The second kappa shape index (κ2) is 6.72. The zero-order valence-electron chi connectivity index (χ0n) is 12.1. The summed E-state index contributed by atoms with van der Waals surface area (Å²) in [6, 6.07) is 0. The van der Waals surface area contributed by atoms with Gasteiger partial charge in [-0.3, -0.25) is 0 Å². The third-order valence-corrected chi connectivity index (χ3v) is 4.11. The Labute approximate surface area is 129 Å². The van der Waals surface area contributed by atoms with E-state index in [1.54, 1.807) is 0 Å². The molecule has 8 heteroatoms. The van der Waals surface area contributed by atoms with E-state index in [-0.39, 0.29) is 11.4 Å². The first-order chi connectivity index (χ1) is 10.2. The Hall–Kier alpha value is -1.18. The minimum atomic E-state index is 0.213. The summed E-state index contributed by atoms with van der Waals surface area (Å²) >= 11 is 6.01. The van der Waals surface area contributed by atoms with Gasteiger partial charge in [-0.1, -0.05) is 0 Å². The van der Waals surface area contributed by atoms with Gasteiger partial charge in [-0.2, -0.15) is 15.0 Å². The molecule has 3 rings (SSSR count). The molecule has 0 bridgehead atoms. The van der Waals surface area contributed by atoms with Gasteiger partial charge in [0, 0.05) is 32.2 Å². The van der Waals surface area contributed by atoms with Crippen molar-refractivity contribution >= 4 is 23.5 Å². The lowest BCUT2D eigenvalue weighted by Gasteiger charge is -2.26. The van der Waals surface area contributed by atoms with Crippen LogP contribution in [0.4, 0.5) is 11.9 Å². The van der Waals surface area contributed by atoms with E-state index in [0.29, 0.717) is 31.0 Å². The Morgan fingerprint density at radius 3 is 2.76 bits per heavy atom. The van der Waals surface area contributed by atoms with Gasteiger partial charge in [-0.15, -0.1) is 0 Å². The molecule has 0 radical (unpaired) electrons. The van der Waals surface area contributed by atoms with Crippen LogP contribution < -0.4 is 10.2 Å². The largest absolute Gasteiger partial charge is 0.378 e. The summed E-state index contributed by atoms with van der Waals surface area (Å²) < 4.78 is 10.9. The maximum absolute atomic E-state index is 6.01. The van der Waals surface area contributed by atoms with Crippen LogP contribution in [-0.2, 0) is 9.47 Å². The molecule has 1 aromatic rings. The second-order valence-electron chi connectivity index (χ2n) is 5.33. The van der Waals surface area contributed by atoms with E-state index < -0.39 is 0 Å². The number of nitrogens with zero attached hydrogens (tertiary/aromatic N) is 4. The Morgan fingerprint density at radius 2 is 2.05 bits per heavy atom. The number of anilines is 2. The van der Waals surface area contributed by atoms with Crippen molar-refractivity contribution < 1.29 is 9.47 Å². The van der Waals surface area contributed by atoms with E-state index in [9.17, 15) is 0 Å². The van der Waals surface area contributed by atoms with Crippen molar-refractivity contribution in [2.24, 2.45) is 5.92 Å². The molecule has 2 fully saturated rings. The van der Waals surface area contributed by atoms with Crippen molar-refractivity contribution in [3.63, 3.8) is 0 Å². The van der Waals surface area contributed by atoms with E-state index in [1.807, 2.05) is 0 Å². The lowest BCUT2D eigenvalue weighted by Crippen LogP contribution is -2.37. The minimum Gasteiger partial charge on any atom is -0.378 e. The quantitative estimate of drug-likeness (QED) is 0.895. The first-order valence-electron chi connectivity index (χ1n) is 7.32. The second-order valence-corrected chi connectivity index (χ2v) is 5.67. The third-order valence-electron chi connectivity index (χ3n) is 3.95. The fourth-order valence-electron chi connectivity index (χ4n) is 2.59. The van der Waals surface area contributed by atoms with E-state index in [4.69, 9.17) is 21.1 Å². The van der Waals surface area contributed by atoms with Crippen LogP contribution in [0.2, 0.25) is 5.28 Å². The first-order valence-corrected chi connectivity index (χ1v) is 7.70. The van der Waals surface area contributed by atoms with Gasteiger partial charge in [-0.05, 0) is 24.9 Å². The topological polar surface area (TPSA) is 72.4 Å². The lowest BCUT2D eigenvalue weighted by atomic mass is 10.0. The van der Waals surface area contributed by atoms with Gasteiger partial charge in [0.05, 0.1) is 19.3 Å². The number of nitrogens with one attached hydrogen (secondary N) is 1. The van der Waals surface area contributed by atoms with Crippen LogP contribution in [0, 0.1) is 5.92 Å². The molecule has 3 heterocycles. The molecule has 7 nitrogen and oxygen atoms in total. The molecule has 2 unspecified atom stereocenters. The number of halogens is 1. The van der Waals surface area contributed by atoms with Crippen LogP contribution in [-0.4, -0.2) is 60.5 Å².